The van der Waals surface area contributed by atoms with Crippen LogP contribution in [0.3, 0.4) is 0 Å². The predicted octanol–water partition coefficient (Wildman–Crippen LogP) is 3.74. The van der Waals surface area contributed by atoms with Crippen molar-refractivity contribution in [3.63, 3.8) is 0 Å². The summed E-state index contributed by atoms with van der Waals surface area (Å²) in [7, 11) is 0. The summed E-state index contributed by atoms with van der Waals surface area (Å²) in [6.45, 7) is 1.31. The lowest BCUT2D eigenvalue weighted by molar-refractivity contribution is 0.317. The van der Waals surface area contributed by atoms with Gasteiger partial charge in [0.2, 0.25) is 0 Å². The summed E-state index contributed by atoms with van der Waals surface area (Å²) in [5.74, 6) is 3.19. The molecule has 3 aliphatic carbocycles. The Morgan fingerprint density at radius 3 is 2.00 bits per heavy atom. The molecule has 3 rings (SSSR count). The zero-order valence-corrected chi connectivity index (χ0v) is 10.6. The number of hydrogen-bond donors (Lipinski definition) is 1. The molecule has 16 heavy (non-hydrogen) atoms. The van der Waals surface area contributed by atoms with Crippen molar-refractivity contribution in [2.75, 3.05) is 6.54 Å². The molecule has 0 saturated heterocycles. The van der Waals surface area contributed by atoms with Crippen LogP contribution in [-0.4, -0.2) is 12.6 Å². The molecule has 0 bridgehead atoms. The number of rotatable bonds is 6. The Kier molecular flexibility index (Phi) is 3.51. The molecule has 0 spiro atoms. The SMILES string of the molecule is C1CCC(CCNC(C2CC2)C2CC2)CC1. The monoisotopic (exact) mass is 221 g/mol. The van der Waals surface area contributed by atoms with Gasteiger partial charge in [0.05, 0.1) is 0 Å². The summed E-state index contributed by atoms with van der Waals surface area (Å²) in [5.41, 5.74) is 0. The average Bonchev–Trinajstić information content (AvgIpc) is 3.17. The first-order valence-electron chi connectivity index (χ1n) is 7.67. The standard InChI is InChI=1S/C15H27N/c1-2-4-12(5-3-1)10-11-16-15(13-6-7-13)14-8-9-14/h12-16H,1-11H2. The highest BCUT2D eigenvalue weighted by Crippen LogP contribution is 2.44. The molecule has 0 heterocycles. The number of nitrogens with one attached hydrogen (secondary N) is 1. The lowest BCUT2D eigenvalue weighted by Crippen LogP contribution is -2.34. The van der Waals surface area contributed by atoms with Crippen molar-refractivity contribution < 1.29 is 0 Å². The molecule has 0 radical (unpaired) electrons. The molecular weight excluding hydrogens is 194 g/mol. The molecule has 0 aromatic carbocycles. The molecule has 0 aromatic rings. The Hall–Kier alpha value is -0.0400. The maximum Gasteiger partial charge on any atom is 0.0124 e. The van der Waals surface area contributed by atoms with Gasteiger partial charge in [0.25, 0.3) is 0 Å². The fraction of sp³-hybridized carbons (Fsp3) is 1.00. The van der Waals surface area contributed by atoms with Crippen molar-refractivity contribution in [1.29, 1.82) is 0 Å². The van der Waals surface area contributed by atoms with Gasteiger partial charge in [0.15, 0.2) is 0 Å². The predicted molar refractivity (Wildman–Crippen MR) is 68.4 cm³/mol. The van der Waals surface area contributed by atoms with Crippen molar-refractivity contribution in [1.82, 2.24) is 5.32 Å². The van der Waals surface area contributed by atoms with Crippen LogP contribution in [0.2, 0.25) is 0 Å². The molecule has 3 aliphatic rings. The molecule has 3 fully saturated rings. The van der Waals surface area contributed by atoms with E-state index >= 15 is 0 Å². The second-order valence-corrected chi connectivity index (χ2v) is 6.45. The van der Waals surface area contributed by atoms with Gasteiger partial charge in [-0.1, -0.05) is 32.1 Å². The summed E-state index contributed by atoms with van der Waals surface area (Å²) in [6.07, 6.45) is 15.0. The first-order chi connectivity index (χ1) is 7.93. The first-order valence-corrected chi connectivity index (χ1v) is 7.67. The average molecular weight is 221 g/mol. The van der Waals surface area contributed by atoms with Crippen molar-refractivity contribution in [2.24, 2.45) is 17.8 Å². The van der Waals surface area contributed by atoms with E-state index in [1.807, 2.05) is 0 Å². The van der Waals surface area contributed by atoms with Gasteiger partial charge in [-0.3, -0.25) is 0 Å². The van der Waals surface area contributed by atoms with E-state index in [1.165, 1.54) is 70.8 Å². The summed E-state index contributed by atoms with van der Waals surface area (Å²) < 4.78 is 0. The molecule has 1 nitrogen and oxygen atoms in total. The van der Waals surface area contributed by atoms with E-state index < -0.39 is 0 Å². The lowest BCUT2D eigenvalue weighted by atomic mass is 9.87. The highest BCUT2D eigenvalue weighted by atomic mass is 14.9. The third-order valence-electron chi connectivity index (χ3n) is 4.92. The molecule has 0 amide bonds. The summed E-state index contributed by atoms with van der Waals surface area (Å²) in [5, 5.41) is 3.89. The van der Waals surface area contributed by atoms with Gasteiger partial charge >= 0.3 is 0 Å². The van der Waals surface area contributed by atoms with E-state index in [9.17, 15) is 0 Å². The summed E-state index contributed by atoms with van der Waals surface area (Å²) in [6, 6.07) is 0.920. The van der Waals surface area contributed by atoms with Crippen LogP contribution in [0.15, 0.2) is 0 Å². The molecule has 1 heteroatoms. The van der Waals surface area contributed by atoms with Gasteiger partial charge in [0.1, 0.15) is 0 Å². The summed E-state index contributed by atoms with van der Waals surface area (Å²) >= 11 is 0. The van der Waals surface area contributed by atoms with Crippen LogP contribution in [0.25, 0.3) is 0 Å². The van der Waals surface area contributed by atoms with Crippen LogP contribution < -0.4 is 5.32 Å². The van der Waals surface area contributed by atoms with Crippen molar-refractivity contribution in [2.45, 2.75) is 70.3 Å². The van der Waals surface area contributed by atoms with Crippen molar-refractivity contribution >= 4 is 0 Å². The molecule has 0 atom stereocenters. The Morgan fingerprint density at radius 1 is 0.812 bits per heavy atom. The minimum absolute atomic E-state index is 0.920. The second-order valence-electron chi connectivity index (χ2n) is 6.45. The smallest absolute Gasteiger partial charge is 0.0124 e. The van der Waals surface area contributed by atoms with E-state index in [2.05, 4.69) is 5.32 Å². The van der Waals surface area contributed by atoms with Crippen molar-refractivity contribution in [3.8, 4) is 0 Å². The third kappa shape index (κ3) is 3.00. The quantitative estimate of drug-likeness (QED) is 0.720. The number of hydrogen-bond acceptors (Lipinski definition) is 1. The van der Waals surface area contributed by atoms with E-state index in [-0.39, 0.29) is 0 Å². The molecule has 0 aliphatic heterocycles. The molecule has 1 N–H and O–H groups in total. The highest BCUT2D eigenvalue weighted by Gasteiger charge is 2.40. The zero-order chi connectivity index (χ0) is 10.8. The minimum Gasteiger partial charge on any atom is -0.313 e. The van der Waals surface area contributed by atoms with Crippen LogP contribution >= 0.6 is 0 Å². The molecule has 0 unspecified atom stereocenters. The lowest BCUT2D eigenvalue weighted by Gasteiger charge is -2.23. The van der Waals surface area contributed by atoms with Crippen LogP contribution in [0.1, 0.15) is 64.2 Å². The molecule has 92 valence electrons. The Bertz CT molecular complexity index is 199. The third-order valence-corrected chi connectivity index (χ3v) is 4.92. The fourth-order valence-corrected chi connectivity index (χ4v) is 3.56. The Labute approximate surface area is 100 Å². The molecular formula is C15H27N. The molecule has 3 saturated carbocycles. The molecule has 0 aromatic heterocycles. The van der Waals surface area contributed by atoms with Crippen molar-refractivity contribution in [3.05, 3.63) is 0 Å². The van der Waals surface area contributed by atoms with Gasteiger partial charge in [-0.15, -0.1) is 0 Å². The minimum atomic E-state index is 0.920. The first kappa shape index (κ1) is 11.1. The van der Waals surface area contributed by atoms with E-state index in [1.54, 1.807) is 0 Å². The van der Waals surface area contributed by atoms with Gasteiger partial charge < -0.3 is 5.32 Å². The normalized spacial score (nSPS) is 27.6. The largest absolute Gasteiger partial charge is 0.313 e. The van der Waals surface area contributed by atoms with Gasteiger partial charge in [-0.2, -0.15) is 0 Å². The maximum absolute atomic E-state index is 3.89. The highest BCUT2D eigenvalue weighted by molar-refractivity contribution is 4.96. The fourth-order valence-electron chi connectivity index (χ4n) is 3.56. The maximum atomic E-state index is 3.89. The van der Waals surface area contributed by atoms with Crippen LogP contribution in [-0.2, 0) is 0 Å². The van der Waals surface area contributed by atoms with Crippen LogP contribution in [0.4, 0.5) is 0 Å². The Morgan fingerprint density at radius 2 is 1.44 bits per heavy atom. The van der Waals surface area contributed by atoms with E-state index in [0.717, 1.165) is 23.8 Å². The van der Waals surface area contributed by atoms with E-state index in [0.29, 0.717) is 0 Å². The van der Waals surface area contributed by atoms with Gasteiger partial charge in [0, 0.05) is 6.04 Å². The van der Waals surface area contributed by atoms with Gasteiger partial charge in [-0.05, 0) is 56.4 Å². The Balaban J connectivity index is 1.34. The topological polar surface area (TPSA) is 12.0 Å². The van der Waals surface area contributed by atoms with Crippen LogP contribution in [0, 0.1) is 17.8 Å². The zero-order valence-electron chi connectivity index (χ0n) is 10.6. The van der Waals surface area contributed by atoms with E-state index in [4.69, 9.17) is 0 Å². The second kappa shape index (κ2) is 5.08. The van der Waals surface area contributed by atoms with Gasteiger partial charge in [-0.25, -0.2) is 0 Å². The summed E-state index contributed by atoms with van der Waals surface area (Å²) in [4.78, 5) is 0. The van der Waals surface area contributed by atoms with Crippen LogP contribution in [0.5, 0.6) is 0 Å².